The highest BCUT2D eigenvalue weighted by molar-refractivity contribution is 5.72. The van der Waals surface area contributed by atoms with Crippen molar-refractivity contribution < 1.29 is 14.0 Å². The van der Waals surface area contributed by atoms with Gasteiger partial charge in [-0.25, -0.2) is 4.98 Å². The number of rotatable bonds is 6. The second-order valence-corrected chi connectivity index (χ2v) is 7.93. The third-order valence-electron chi connectivity index (χ3n) is 5.79. The number of fused-ring (bicyclic) bond motifs is 5. The van der Waals surface area contributed by atoms with Crippen LogP contribution in [0, 0.1) is 6.92 Å². The molecule has 2 aromatic carbocycles. The Morgan fingerprint density at radius 2 is 1.94 bits per heavy atom. The predicted octanol–water partition coefficient (Wildman–Crippen LogP) is 3.58. The molecule has 5 aromatic rings. The van der Waals surface area contributed by atoms with Crippen LogP contribution in [0.1, 0.15) is 23.0 Å². The van der Waals surface area contributed by atoms with Crippen LogP contribution in [-0.4, -0.2) is 41.6 Å². The zero-order valence-corrected chi connectivity index (χ0v) is 18.7. The van der Waals surface area contributed by atoms with Gasteiger partial charge in [0.05, 0.1) is 31.6 Å². The first-order chi connectivity index (χ1) is 16.7. The lowest BCUT2D eigenvalue weighted by Gasteiger charge is -2.10. The minimum atomic E-state index is 0.311. The molecule has 3 aromatic heterocycles. The summed E-state index contributed by atoms with van der Waals surface area (Å²) in [5.74, 6) is 3.10. The highest BCUT2D eigenvalue weighted by Gasteiger charge is 2.28. The SMILES string of the molecule is COc1ccc2c(c1)-c1nnc(COCc3ccccc3)n1Cc1c(-c3noc(C)n3)ncn1-2. The molecule has 0 aliphatic carbocycles. The molecule has 0 saturated carbocycles. The maximum atomic E-state index is 5.98. The summed E-state index contributed by atoms with van der Waals surface area (Å²) in [6.07, 6.45) is 1.77. The Morgan fingerprint density at radius 1 is 1.06 bits per heavy atom. The van der Waals surface area contributed by atoms with Gasteiger partial charge in [-0.3, -0.25) is 4.57 Å². The van der Waals surface area contributed by atoms with Gasteiger partial charge >= 0.3 is 0 Å². The van der Waals surface area contributed by atoms with Gasteiger partial charge in [-0.15, -0.1) is 10.2 Å². The Labute approximate surface area is 194 Å². The van der Waals surface area contributed by atoms with E-state index in [-0.39, 0.29) is 0 Å². The van der Waals surface area contributed by atoms with Crippen molar-refractivity contribution in [3.63, 3.8) is 0 Å². The number of methoxy groups -OCH3 is 1. The zero-order chi connectivity index (χ0) is 23.1. The smallest absolute Gasteiger partial charge is 0.223 e. The van der Waals surface area contributed by atoms with Crippen LogP contribution in [0.4, 0.5) is 0 Å². The van der Waals surface area contributed by atoms with E-state index in [9.17, 15) is 0 Å². The molecule has 1 aliphatic heterocycles. The van der Waals surface area contributed by atoms with Crippen LogP contribution in [0.15, 0.2) is 59.4 Å². The first kappa shape index (κ1) is 20.3. The van der Waals surface area contributed by atoms with Gasteiger partial charge in [-0.05, 0) is 23.8 Å². The van der Waals surface area contributed by atoms with Gasteiger partial charge in [-0.1, -0.05) is 35.5 Å². The number of imidazole rings is 1. The van der Waals surface area contributed by atoms with Gasteiger partial charge in [0.25, 0.3) is 0 Å². The largest absolute Gasteiger partial charge is 0.497 e. The van der Waals surface area contributed by atoms with Crippen LogP contribution in [0.25, 0.3) is 28.6 Å². The summed E-state index contributed by atoms with van der Waals surface area (Å²) in [6.45, 7) is 3.02. The fraction of sp³-hybridized carbons (Fsp3) is 0.208. The van der Waals surface area contributed by atoms with Gasteiger partial charge in [0.15, 0.2) is 11.6 Å². The Morgan fingerprint density at radius 3 is 2.74 bits per heavy atom. The Balaban J connectivity index is 1.43. The highest BCUT2D eigenvalue weighted by atomic mass is 16.5. The molecule has 0 saturated heterocycles. The van der Waals surface area contributed by atoms with Gasteiger partial charge in [0.1, 0.15) is 24.4 Å². The quantitative estimate of drug-likeness (QED) is 0.375. The summed E-state index contributed by atoms with van der Waals surface area (Å²) in [5, 5.41) is 13.1. The van der Waals surface area contributed by atoms with Crippen molar-refractivity contribution in [3.05, 3.63) is 77.8 Å². The van der Waals surface area contributed by atoms with Crippen molar-refractivity contribution in [2.75, 3.05) is 7.11 Å². The monoisotopic (exact) mass is 455 g/mol. The van der Waals surface area contributed by atoms with Gasteiger partial charge in [0.2, 0.25) is 11.7 Å². The van der Waals surface area contributed by atoms with Gasteiger partial charge in [-0.2, -0.15) is 4.98 Å². The summed E-state index contributed by atoms with van der Waals surface area (Å²) in [7, 11) is 1.64. The fourth-order valence-corrected chi connectivity index (χ4v) is 4.14. The number of hydrogen-bond acceptors (Lipinski definition) is 8. The third-order valence-corrected chi connectivity index (χ3v) is 5.79. The molecule has 0 unspecified atom stereocenters. The minimum Gasteiger partial charge on any atom is -0.497 e. The summed E-state index contributed by atoms with van der Waals surface area (Å²) >= 11 is 0. The molecule has 4 heterocycles. The Hall–Kier alpha value is -4.31. The second-order valence-electron chi connectivity index (χ2n) is 7.93. The normalized spacial score (nSPS) is 12.1. The van der Waals surface area contributed by atoms with Crippen LogP contribution >= 0.6 is 0 Å². The van der Waals surface area contributed by atoms with Gasteiger partial charge in [0, 0.05) is 12.5 Å². The van der Waals surface area contributed by atoms with E-state index in [1.807, 2.05) is 57.7 Å². The van der Waals surface area contributed by atoms with E-state index in [2.05, 4.69) is 25.3 Å². The average molecular weight is 455 g/mol. The van der Waals surface area contributed by atoms with Gasteiger partial charge < -0.3 is 18.6 Å². The number of aryl methyl sites for hydroxylation is 1. The summed E-state index contributed by atoms with van der Waals surface area (Å²) < 4.78 is 20.7. The van der Waals surface area contributed by atoms with E-state index in [0.717, 1.165) is 34.1 Å². The fourth-order valence-electron chi connectivity index (χ4n) is 4.14. The first-order valence-corrected chi connectivity index (χ1v) is 10.8. The zero-order valence-electron chi connectivity index (χ0n) is 18.7. The number of benzene rings is 2. The standard InChI is InChI=1S/C24H21N7O3/c1-15-26-23(29-34-15)22-20-11-30-21(13-33-12-16-6-4-3-5-7-16)27-28-24(30)18-10-17(32-2)8-9-19(18)31(20)14-25-22/h3-10,14H,11-13H2,1-2H3. The van der Waals surface area contributed by atoms with Crippen LogP contribution in [0.2, 0.25) is 0 Å². The number of ether oxygens (including phenoxy) is 2. The molecular formula is C24H21N7O3. The maximum Gasteiger partial charge on any atom is 0.223 e. The predicted molar refractivity (Wildman–Crippen MR) is 121 cm³/mol. The molecule has 0 atom stereocenters. The molecule has 0 bridgehead atoms. The van der Waals surface area contributed by atoms with Crippen LogP contribution in [0.3, 0.4) is 0 Å². The Bertz CT molecular complexity index is 1470. The van der Waals surface area contributed by atoms with Crippen LogP contribution in [-0.2, 0) is 24.5 Å². The molecule has 10 heteroatoms. The molecule has 0 N–H and O–H groups in total. The van der Waals surface area contributed by atoms with E-state index >= 15 is 0 Å². The van der Waals surface area contributed by atoms with Crippen molar-refractivity contribution in [3.8, 4) is 34.3 Å². The van der Waals surface area contributed by atoms with Crippen molar-refractivity contribution >= 4 is 0 Å². The number of nitrogens with zero attached hydrogens (tertiary/aromatic N) is 7. The van der Waals surface area contributed by atoms with Crippen LogP contribution in [0.5, 0.6) is 5.75 Å². The van der Waals surface area contributed by atoms with E-state index in [0.29, 0.717) is 43.0 Å². The van der Waals surface area contributed by atoms with Crippen molar-refractivity contribution in [1.29, 1.82) is 0 Å². The lowest BCUT2D eigenvalue weighted by molar-refractivity contribution is 0.0994. The summed E-state index contributed by atoms with van der Waals surface area (Å²) in [5.41, 5.74) is 4.44. The second kappa shape index (κ2) is 8.23. The van der Waals surface area contributed by atoms with E-state index < -0.39 is 0 Å². The molecule has 6 rings (SSSR count). The van der Waals surface area contributed by atoms with E-state index in [1.165, 1.54) is 0 Å². The van der Waals surface area contributed by atoms with Crippen molar-refractivity contribution in [1.82, 2.24) is 34.5 Å². The maximum absolute atomic E-state index is 5.98. The summed E-state index contributed by atoms with van der Waals surface area (Å²) in [6, 6.07) is 15.9. The summed E-state index contributed by atoms with van der Waals surface area (Å²) in [4.78, 5) is 9.00. The molecule has 0 fully saturated rings. The lowest BCUT2D eigenvalue weighted by atomic mass is 10.1. The molecule has 0 amide bonds. The van der Waals surface area contributed by atoms with Crippen LogP contribution < -0.4 is 4.74 Å². The highest BCUT2D eigenvalue weighted by Crippen LogP contribution is 2.36. The minimum absolute atomic E-state index is 0.311. The molecule has 10 nitrogen and oxygen atoms in total. The number of aromatic nitrogens is 7. The Kier molecular flexibility index (Phi) is 4.92. The van der Waals surface area contributed by atoms with E-state index in [4.69, 9.17) is 14.0 Å². The average Bonchev–Trinajstić information content (AvgIpc) is 3.57. The first-order valence-electron chi connectivity index (χ1n) is 10.8. The van der Waals surface area contributed by atoms with Crippen molar-refractivity contribution in [2.45, 2.75) is 26.7 Å². The molecule has 34 heavy (non-hydrogen) atoms. The number of hydrogen-bond donors (Lipinski definition) is 0. The molecular weight excluding hydrogens is 434 g/mol. The lowest BCUT2D eigenvalue weighted by Crippen LogP contribution is -2.09. The van der Waals surface area contributed by atoms with Crippen molar-refractivity contribution in [2.24, 2.45) is 0 Å². The third kappa shape index (κ3) is 3.44. The molecule has 0 spiro atoms. The van der Waals surface area contributed by atoms with E-state index in [1.54, 1.807) is 20.4 Å². The molecule has 1 aliphatic rings. The topological polar surface area (TPSA) is 106 Å². The molecule has 0 radical (unpaired) electrons. The molecule has 170 valence electrons.